The fraction of sp³-hybridized carbons (Fsp3) is 0.524. The molecule has 3 fully saturated rings. The van der Waals surface area contributed by atoms with E-state index in [0.29, 0.717) is 12.1 Å². The van der Waals surface area contributed by atoms with Crippen molar-refractivity contribution < 1.29 is 4.79 Å². The molecule has 1 aromatic heterocycles. The number of aromatic nitrogens is 2. The minimum absolute atomic E-state index is 0.0940. The summed E-state index contributed by atoms with van der Waals surface area (Å²) in [6, 6.07) is 11.8. The summed E-state index contributed by atoms with van der Waals surface area (Å²) in [6.45, 7) is 6.01. The van der Waals surface area contributed by atoms with Crippen molar-refractivity contribution in [2.45, 2.75) is 24.9 Å². The van der Waals surface area contributed by atoms with Crippen LogP contribution in [0, 0.1) is 0 Å². The van der Waals surface area contributed by atoms with E-state index >= 15 is 0 Å². The first kappa shape index (κ1) is 17.6. The highest BCUT2D eigenvalue weighted by atomic mass is 16.2. The van der Waals surface area contributed by atoms with E-state index in [1.54, 1.807) is 4.90 Å². The number of carbonyl (C=O) groups is 1. The van der Waals surface area contributed by atoms with Gasteiger partial charge in [-0.25, -0.2) is 4.79 Å². The average molecular weight is 380 g/mol. The Hall–Kier alpha value is -2.54. The molecule has 7 heteroatoms. The number of likely N-dealkylation sites (N-methyl/N-ethyl adjacent to an activating group) is 1. The van der Waals surface area contributed by atoms with Crippen LogP contribution in [-0.2, 0) is 0 Å². The van der Waals surface area contributed by atoms with Gasteiger partial charge >= 0.3 is 6.03 Å². The summed E-state index contributed by atoms with van der Waals surface area (Å²) in [7, 11) is 1.86. The Morgan fingerprint density at radius 1 is 0.929 bits per heavy atom. The van der Waals surface area contributed by atoms with Crippen molar-refractivity contribution in [1.29, 1.82) is 0 Å². The van der Waals surface area contributed by atoms with Crippen LogP contribution in [-0.4, -0.2) is 78.0 Å². The molecule has 0 aliphatic carbocycles. The summed E-state index contributed by atoms with van der Waals surface area (Å²) in [6.07, 6.45) is 6.36. The minimum Gasteiger partial charge on any atom is -0.371 e. The molecular weight excluding hydrogens is 352 g/mol. The molecule has 0 N–H and O–H groups in total. The Labute approximate surface area is 166 Å². The first-order valence-corrected chi connectivity index (χ1v) is 10.3. The van der Waals surface area contributed by atoms with Crippen LogP contribution in [0.25, 0.3) is 0 Å². The van der Waals surface area contributed by atoms with Crippen molar-refractivity contribution in [2.75, 3.05) is 56.1 Å². The van der Waals surface area contributed by atoms with Crippen molar-refractivity contribution in [2.24, 2.45) is 0 Å². The third-order valence-corrected chi connectivity index (χ3v) is 6.51. The summed E-state index contributed by atoms with van der Waals surface area (Å²) in [5.41, 5.74) is 2.26. The lowest BCUT2D eigenvalue weighted by atomic mass is 9.97. The third kappa shape index (κ3) is 3.13. The molecule has 2 aromatic rings. The Bertz CT molecular complexity index is 806. The lowest BCUT2D eigenvalue weighted by molar-refractivity contribution is 0.0418. The van der Waals surface area contributed by atoms with E-state index in [9.17, 15) is 4.79 Å². The number of piperidine rings is 1. The molecule has 2 amide bonds. The van der Waals surface area contributed by atoms with E-state index in [4.69, 9.17) is 0 Å². The number of rotatable bonds is 4. The second kappa shape index (κ2) is 7.13. The predicted molar refractivity (Wildman–Crippen MR) is 110 cm³/mol. The van der Waals surface area contributed by atoms with E-state index in [2.05, 4.69) is 50.0 Å². The normalized spacial score (nSPS) is 22.2. The highest BCUT2D eigenvalue weighted by Gasteiger charge is 2.35. The maximum absolute atomic E-state index is 12.2. The molecule has 0 bridgehead atoms. The van der Waals surface area contributed by atoms with Gasteiger partial charge in [-0.2, -0.15) is 5.10 Å². The molecule has 3 aliphatic heterocycles. The molecule has 0 spiro atoms. The average Bonchev–Trinajstić information content (AvgIpc) is 3.33. The molecule has 0 saturated carbocycles. The topological polar surface area (TPSA) is 47.9 Å². The quantitative estimate of drug-likeness (QED) is 0.817. The zero-order valence-corrected chi connectivity index (χ0v) is 16.4. The molecule has 3 saturated heterocycles. The van der Waals surface area contributed by atoms with Gasteiger partial charge in [0.05, 0.1) is 6.04 Å². The lowest BCUT2D eigenvalue weighted by Crippen LogP contribution is -2.55. The van der Waals surface area contributed by atoms with Crippen LogP contribution in [0.15, 0.2) is 42.7 Å². The molecule has 0 radical (unpaired) electrons. The first-order chi connectivity index (χ1) is 13.7. The second-order valence-corrected chi connectivity index (χ2v) is 8.18. The van der Waals surface area contributed by atoms with E-state index in [-0.39, 0.29) is 6.03 Å². The summed E-state index contributed by atoms with van der Waals surface area (Å²) >= 11 is 0. The van der Waals surface area contributed by atoms with Crippen LogP contribution in [0.4, 0.5) is 16.2 Å². The largest absolute Gasteiger partial charge is 0.371 e. The molecule has 1 aromatic carbocycles. The van der Waals surface area contributed by atoms with Gasteiger partial charge in [0, 0.05) is 76.1 Å². The predicted octanol–water partition coefficient (Wildman–Crippen LogP) is 2.28. The van der Waals surface area contributed by atoms with Gasteiger partial charge in [-0.3, -0.25) is 14.5 Å². The fourth-order valence-electron chi connectivity index (χ4n) is 4.67. The summed E-state index contributed by atoms with van der Waals surface area (Å²) in [5.74, 6) is 0. The smallest absolute Gasteiger partial charge is 0.324 e. The number of likely N-dealkylation sites (tertiary alicyclic amines) is 1. The molecule has 0 atom stereocenters. The van der Waals surface area contributed by atoms with Crippen molar-refractivity contribution in [3.8, 4) is 0 Å². The minimum atomic E-state index is 0.0940. The monoisotopic (exact) mass is 380 g/mol. The van der Waals surface area contributed by atoms with Crippen LogP contribution < -0.4 is 9.80 Å². The number of benzene rings is 1. The van der Waals surface area contributed by atoms with E-state index < -0.39 is 0 Å². The number of nitrogens with zero attached hydrogens (tertiary/aromatic N) is 6. The molecule has 4 heterocycles. The van der Waals surface area contributed by atoms with Gasteiger partial charge < -0.3 is 9.80 Å². The Kier molecular flexibility index (Phi) is 4.47. The van der Waals surface area contributed by atoms with Gasteiger partial charge in [-0.15, -0.1) is 0 Å². The number of hydrogen-bond acceptors (Lipinski definition) is 4. The highest BCUT2D eigenvalue weighted by molar-refractivity contribution is 5.94. The van der Waals surface area contributed by atoms with Crippen molar-refractivity contribution >= 4 is 17.4 Å². The number of amides is 2. The molecule has 0 unspecified atom stereocenters. The highest BCUT2D eigenvalue weighted by Crippen LogP contribution is 2.30. The Morgan fingerprint density at radius 3 is 2.25 bits per heavy atom. The summed E-state index contributed by atoms with van der Waals surface area (Å²) < 4.78 is 2.09. The molecular formula is C21H28N6O. The number of urea groups is 1. The lowest BCUT2D eigenvalue weighted by Gasteiger charge is -2.47. The second-order valence-electron chi connectivity index (χ2n) is 8.18. The van der Waals surface area contributed by atoms with Gasteiger partial charge in [0.25, 0.3) is 0 Å². The molecule has 5 rings (SSSR count). The zero-order valence-electron chi connectivity index (χ0n) is 16.4. The van der Waals surface area contributed by atoms with E-state index in [1.165, 1.54) is 18.5 Å². The fourth-order valence-corrected chi connectivity index (χ4v) is 4.67. The van der Waals surface area contributed by atoms with Crippen LogP contribution in [0.2, 0.25) is 0 Å². The number of carbonyl (C=O) groups excluding carboxylic acids is 1. The summed E-state index contributed by atoms with van der Waals surface area (Å²) in [4.78, 5) is 20.9. The first-order valence-electron chi connectivity index (χ1n) is 10.3. The van der Waals surface area contributed by atoms with Crippen LogP contribution >= 0.6 is 0 Å². The maximum Gasteiger partial charge on any atom is 0.324 e. The third-order valence-electron chi connectivity index (χ3n) is 6.51. The Morgan fingerprint density at radius 2 is 1.64 bits per heavy atom. The molecule has 7 nitrogen and oxygen atoms in total. The zero-order chi connectivity index (χ0) is 19.1. The van der Waals surface area contributed by atoms with Crippen LogP contribution in [0.3, 0.4) is 0 Å². The van der Waals surface area contributed by atoms with E-state index in [1.807, 2.05) is 24.2 Å². The Balaban J connectivity index is 1.14. The number of anilines is 2. The van der Waals surface area contributed by atoms with E-state index in [0.717, 1.165) is 45.0 Å². The van der Waals surface area contributed by atoms with Crippen molar-refractivity contribution in [3.63, 3.8) is 0 Å². The SMILES string of the molecule is CN1CCN(c2ccc(N3CCC(N4CC(n5cccn5)C4)CC3)cc2)C1=O. The molecule has 148 valence electrons. The van der Waals surface area contributed by atoms with Gasteiger partial charge in [0.1, 0.15) is 0 Å². The van der Waals surface area contributed by atoms with Gasteiger partial charge in [0.2, 0.25) is 0 Å². The van der Waals surface area contributed by atoms with Crippen molar-refractivity contribution in [3.05, 3.63) is 42.7 Å². The van der Waals surface area contributed by atoms with Crippen LogP contribution in [0.5, 0.6) is 0 Å². The van der Waals surface area contributed by atoms with Gasteiger partial charge in [-0.05, 0) is 43.2 Å². The number of hydrogen-bond donors (Lipinski definition) is 0. The standard InChI is InChI=1S/C21H28N6O/c1-23-13-14-26(21(23)28)19-5-3-17(4-6-19)24-11-7-18(8-12-24)25-15-20(16-25)27-10-2-9-22-27/h2-6,9-10,18,20H,7-8,11-16H2,1H3. The summed E-state index contributed by atoms with van der Waals surface area (Å²) in [5, 5.41) is 4.37. The van der Waals surface area contributed by atoms with Gasteiger partial charge in [-0.1, -0.05) is 0 Å². The maximum atomic E-state index is 12.2. The van der Waals surface area contributed by atoms with Gasteiger partial charge in [0.15, 0.2) is 0 Å². The van der Waals surface area contributed by atoms with Crippen LogP contribution in [0.1, 0.15) is 18.9 Å². The molecule has 3 aliphatic rings. The molecule has 28 heavy (non-hydrogen) atoms. The van der Waals surface area contributed by atoms with Crippen molar-refractivity contribution in [1.82, 2.24) is 19.6 Å².